The van der Waals surface area contributed by atoms with Crippen molar-refractivity contribution in [2.75, 3.05) is 0 Å². The number of allylic oxidation sites excluding steroid dienone is 5. The van der Waals surface area contributed by atoms with Crippen LogP contribution in [0.2, 0.25) is 0 Å². The second-order valence-electron chi connectivity index (χ2n) is 12.2. The Labute approximate surface area is 208 Å². The number of carboxylic acids is 1. The Morgan fingerprint density at radius 2 is 1.85 bits per heavy atom. The van der Waals surface area contributed by atoms with Crippen molar-refractivity contribution in [2.24, 2.45) is 29.1 Å². The lowest BCUT2D eigenvalue weighted by Crippen LogP contribution is -2.36. The Hall–Kier alpha value is -1.35. The van der Waals surface area contributed by atoms with Crippen molar-refractivity contribution < 1.29 is 15.0 Å². The first-order valence-corrected chi connectivity index (χ1v) is 14.2. The number of hydrogen-bond donors (Lipinski definition) is 2. The Balaban J connectivity index is 1.70. The fourth-order valence-corrected chi connectivity index (χ4v) is 7.38. The normalized spacial score (nSPS) is 34.2. The fourth-order valence-electron chi connectivity index (χ4n) is 7.38. The average molecular weight is 471 g/mol. The van der Waals surface area contributed by atoms with Crippen molar-refractivity contribution in [1.29, 1.82) is 0 Å². The number of aliphatic carboxylic acids is 1. The molecule has 0 aromatic carbocycles. The van der Waals surface area contributed by atoms with Gasteiger partial charge in [-0.05, 0) is 104 Å². The molecule has 3 aliphatic carbocycles. The van der Waals surface area contributed by atoms with Crippen LogP contribution < -0.4 is 0 Å². The molecule has 3 saturated carbocycles. The summed E-state index contributed by atoms with van der Waals surface area (Å²) in [5.41, 5.74) is 4.68. The summed E-state index contributed by atoms with van der Waals surface area (Å²) in [5.74, 6) is 2.47. The zero-order valence-corrected chi connectivity index (χ0v) is 22.3. The molecule has 0 bridgehead atoms. The number of hydrogen-bond acceptors (Lipinski definition) is 2. The zero-order chi connectivity index (χ0) is 24.7. The van der Waals surface area contributed by atoms with E-state index in [4.69, 9.17) is 5.11 Å². The minimum absolute atomic E-state index is 0.229. The van der Waals surface area contributed by atoms with Gasteiger partial charge in [0.05, 0.1) is 6.10 Å². The third-order valence-corrected chi connectivity index (χ3v) is 9.26. The van der Waals surface area contributed by atoms with Crippen LogP contribution in [0, 0.1) is 29.1 Å². The Kier molecular flexibility index (Phi) is 10.1. The molecule has 0 aromatic rings. The molecule has 0 aliphatic heterocycles. The molecule has 3 heteroatoms. The molecule has 192 valence electrons. The second-order valence-corrected chi connectivity index (χ2v) is 12.2. The molecule has 0 heterocycles. The van der Waals surface area contributed by atoms with Crippen molar-refractivity contribution in [1.82, 2.24) is 0 Å². The maximum atomic E-state index is 10.8. The lowest BCUT2D eigenvalue weighted by molar-refractivity contribution is -0.137. The van der Waals surface area contributed by atoms with Crippen LogP contribution in [0.1, 0.15) is 118 Å². The van der Waals surface area contributed by atoms with E-state index in [1.165, 1.54) is 62.5 Å². The summed E-state index contributed by atoms with van der Waals surface area (Å²) in [6.45, 7) is 9.79. The topological polar surface area (TPSA) is 57.5 Å². The minimum Gasteiger partial charge on any atom is -0.481 e. The van der Waals surface area contributed by atoms with Crippen molar-refractivity contribution in [3.63, 3.8) is 0 Å². The molecule has 34 heavy (non-hydrogen) atoms. The lowest BCUT2D eigenvalue weighted by Gasteiger charge is -2.44. The number of carboxylic acid groups (broad SMARTS) is 1. The number of fused-ring (bicyclic) bond motifs is 1. The van der Waals surface area contributed by atoms with Crippen LogP contribution in [0.3, 0.4) is 0 Å². The molecule has 0 radical (unpaired) electrons. The monoisotopic (exact) mass is 470 g/mol. The molecule has 0 saturated heterocycles. The molecule has 3 nitrogen and oxygen atoms in total. The van der Waals surface area contributed by atoms with Gasteiger partial charge in [-0.3, -0.25) is 4.79 Å². The van der Waals surface area contributed by atoms with Gasteiger partial charge in [-0.15, -0.1) is 0 Å². The first-order chi connectivity index (χ1) is 16.2. The summed E-state index contributed by atoms with van der Waals surface area (Å²) in [6.07, 6.45) is 21.6. The van der Waals surface area contributed by atoms with Gasteiger partial charge in [0.25, 0.3) is 0 Å². The quantitative estimate of drug-likeness (QED) is 0.316. The predicted molar refractivity (Wildman–Crippen MR) is 142 cm³/mol. The third-order valence-electron chi connectivity index (χ3n) is 9.26. The highest BCUT2D eigenvalue weighted by atomic mass is 16.4. The Bertz CT molecular complexity index is 774. The van der Waals surface area contributed by atoms with Crippen molar-refractivity contribution in [3.05, 3.63) is 34.9 Å². The first kappa shape index (κ1) is 27.2. The summed E-state index contributed by atoms with van der Waals surface area (Å²) in [7, 11) is 0. The molecule has 0 spiro atoms. The molecule has 3 fully saturated rings. The summed E-state index contributed by atoms with van der Waals surface area (Å²) in [6, 6.07) is 0. The van der Waals surface area contributed by atoms with E-state index >= 15 is 0 Å². The van der Waals surface area contributed by atoms with Crippen LogP contribution in [0.5, 0.6) is 0 Å². The number of unbranched alkanes of at least 4 members (excludes halogenated alkanes) is 1. The van der Waals surface area contributed by atoms with E-state index in [-0.39, 0.29) is 12.5 Å². The van der Waals surface area contributed by atoms with Crippen LogP contribution in [0.25, 0.3) is 0 Å². The van der Waals surface area contributed by atoms with Crippen LogP contribution in [-0.4, -0.2) is 22.3 Å². The van der Waals surface area contributed by atoms with Gasteiger partial charge in [-0.25, -0.2) is 0 Å². The molecule has 2 N–H and O–H groups in total. The molecular weight excluding hydrogens is 420 g/mol. The number of aliphatic hydroxyl groups excluding tert-OH is 1. The van der Waals surface area contributed by atoms with E-state index < -0.39 is 5.97 Å². The van der Waals surface area contributed by atoms with Crippen LogP contribution in [0.15, 0.2) is 34.9 Å². The fraction of sp³-hybridized carbons (Fsp3) is 0.774. The summed E-state index contributed by atoms with van der Waals surface area (Å²) >= 11 is 0. The minimum atomic E-state index is -0.720. The highest BCUT2D eigenvalue weighted by molar-refractivity contribution is 5.66. The molecule has 0 unspecified atom stereocenters. The molecular formula is C31H50O3. The van der Waals surface area contributed by atoms with Crippen LogP contribution >= 0.6 is 0 Å². The number of aliphatic hydroxyl groups is 1. The van der Waals surface area contributed by atoms with Gasteiger partial charge < -0.3 is 10.2 Å². The highest BCUT2D eigenvalue weighted by Gasteiger charge is 2.50. The largest absolute Gasteiger partial charge is 0.481 e. The molecule has 3 aliphatic rings. The maximum Gasteiger partial charge on any atom is 0.303 e. The van der Waals surface area contributed by atoms with Gasteiger partial charge in [-0.2, -0.15) is 0 Å². The molecule has 0 aromatic heterocycles. The third kappa shape index (κ3) is 7.09. The van der Waals surface area contributed by atoms with Gasteiger partial charge in [0, 0.05) is 6.42 Å². The van der Waals surface area contributed by atoms with Gasteiger partial charge in [-0.1, -0.05) is 70.8 Å². The maximum absolute atomic E-state index is 10.8. The van der Waals surface area contributed by atoms with E-state index in [1.807, 2.05) is 0 Å². The molecule has 5 atom stereocenters. The van der Waals surface area contributed by atoms with Crippen LogP contribution in [0.4, 0.5) is 0 Å². The van der Waals surface area contributed by atoms with Gasteiger partial charge in [0.2, 0.25) is 0 Å². The number of carbonyl (C=O) groups is 1. The summed E-state index contributed by atoms with van der Waals surface area (Å²) in [4.78, 5) is 10.8. The summed E-state index contributed by atoms with van der Waals surface area (Å²) < 4.78 is 0. The first-order valence-electron chi connectivity index (χ1n) is 14.2. The standard InChI is InChI=1S/C31H50O3/c1-22(2)9-7-10-23(3)28-18-19-29-25(12-8-20-31(28,29)4)14-15-26-21-27(32)17-16-24(26)11-5-6-13-30(33)34/h11,14-15,22-23,27-29,32H,5-10,12-13,16-21H2,1-4H3,(H,33,34)/b24-11+,25-14+,26-15-/t23-,27+,28-,29+,31-/m1/s1. The molecule has 0 amide bonds. The average Bonchev–Trinajstić information content (AvgIpc) is 3.13. The zero-order valence-electron chi connectivity index (χ0n) is 22.3. The summed E-state index contributed by atoms with van der Waals surface area (Å²) in [5, 5.41) is 19.2. The van der Waals surface area contributed by atoms with Gasteiger partial charge in [0.1, 0.15) is 0 Å². The Morgan fingerprint density at radius 3 is 2.59 bits per heavy atom. The predicted octanol–water partition coefficient (Wildman–Crippen LogP) is 8.24. The lowest BCUT2D eigenvalue weighted by atomic mass is 9.60. The van der Waals surface area contributed by atoms with Crippen LogP contribution in [-0.2, 0) is 4.79 Å². The van der Waals surface area contributed by atoms with Gasteiger partial charge >= 0.3 is 5.97 Å². The van der Waals surface area contributed by atoms with E-state index in [2.05, 4.69) is 45.9 Å². The second kappa shape index (κ2) is 12.6. The van der Waals surface area contributed by atoms with Crippen molar-refractivity contribution in [2.45, 2.75) is 124 Å². The van der Waals surface area contributed by atoms with E-state index in [9.17, 15) is 9.90 Å². The SMILES string of the molecule is CC(C)CCC[C@@H](C)[C@H]1CC[C@H]2/C(=C/C=C3/C[C@@H](O)CC/C3=C\CCCC(=O)O)CCC[C@]12C. The highest BCUT2D eigenvalue weighted by Crippen LogP contribution is 2.60. The van der Waals surface area contributed by atoms with E-state index in [0.29, 0.717) is 17.8 Å². The van der Waals surface area contributed by atoms with Crippen molar-refractivity contribution >= 4 is 5.97 Å². The van der Waals surface area contributed by atoms with Gasteiger partial charge in [0.15, 0.2) is 0 Å². The number of rotatable bonds is 10. The van der Waals surface area contributed by atoms with E-state index in [1.54, 1.807) is 5.57 Å². The van der Waals surface area contributed by atoms with Crippen molar-refractivity contribution in [3.8, 4) is 0 Å². The smallest absolute Gasteiger partial charge is 0.303 e. The Morgan fingerprint density at radius 1 is 1.06 bits per heavy atom. The molecule has 3 rings (SSSR count). The van der Waals surface area contributed by atoms with E-state index in [0.717, 1.165) is 43.4 Å².